The highest BCUT2D eigenvalue weighted by molar-refractivity contribution is 5.95. The molecule has 1 fully saturated rings. The lowest BCUT2D eigenvalue weighted by molar-refractivity contribution is -0.137. The summed E-state index contributed by atoms with van der Waals surface area (Å²) in [5, 5.41) is 8.51. The van der Waals surface area contributed by atoms with Crippen molar-refractivity contribution in [2.45, 2.75) is 32.1 Å². The molecule has 0 bridgehead atoms. The number of hydrogen-bond acceptors (Lipinski definition) is 3. The zero-order valence-electron chi connectivity index (χ0n) is 11.4. The fraction of sp³-hybridized carbons (Fsp3) is 0.467. The summed E-state index contributed by atoms with van der Waals surface area (Å²) in [6, 6.07) is 7.46. The van der Waals surface area contributed by atoms with Crippen LogP contribution in [0.1, 0.15) is 32.1 Å². The van der Waals surface area contributed by atoms with Crippen LogP contribution in [-0.2, 0) is 9.59 Å². The van der Waals surface area contributed by atoms with Crippen LogP contribution in [0, 0.1) is 0 Å². The number of carboxylic acid groups (broad SMARTS) is 1. The molecule has 1 aromatic carbocycles. The highest BCUT2D eigenvalue weighted by atomic mass is 16.5. The molecule has 0 radical (unpaired) electrons. The molecule has 20 heavy (non-hydrogen) atoms. The predicted octanol–water partition coefficient (Wildman–Crippen LogP) is 2.45. The molecule has 2 rings (SSSR count). The Morgan fingerprint density at radius 1 is 1.25 bits per heavy atom. The summed E-state index contributed by atoms with van der Waals surface area (Å²) in [4.78, 5) is 23.7. The minimum absolute atomic E-state index is 0.173. The van der Waals surface area contributed by atoms with Crippen LogP contribution in [0.15, 0.2) is 24.3 Å². The van der Waals surface area contributed by atoms with Crippen LogP contribution in [0.3, 0.4) is 0 Å². The van der Waals surface area contributed by atoms with Crippen molar-refractivity contribution in [3.63, 3.8) is 0 Å². The van der Waals surface area contributed by atoms with Crippen molar-refractivity contribution in [3.8, 4) is 5.75 Å². The van der Waals surface area contributed by atoms with Crippen molar-refractivity contribution >= 4 is 17.6 Å². The Bertz CT molecular complexity index is 469. The lowest BCUT2D eigenvalue weighted by Crippen LogP contribution is -2.23. The molecule has 0 spiro atoms. The Kier molecular flexibility index (Phi) is 4.98. The SMILES string of the molecule is O=C(O)CCCCOc1ccc(N2CCCC2=O)cc1. The molecule has 0 aliphatic carbocycles. The third-order valence-corrected chi connectivity index (χ3v) is 3.28. The van der Waals surface area contributed by atoms with Gasteiger partial charge in [0.05, 0.1) is 6.61 Å². The number of hydrogen-bond donors (Lipinski definition) is 1. The normalized spacial score (nSPS) is 14.6. The molecule has 1 aliphatic rings. The first-order valence-corrected chi connectivity index (χ1v) is 6.92. The smallest absolute Gasteiger partial charge is 0.303 e. The predicted molar refractivity (Wildman–Crippen MR) is 75.0 cm³/mol. The minimum atomic E-state index is -0.773. The molecular weight excluding hydrogens is 258 g/mol. The second-order valence-corrected chi connectivity index (χ2v) is 4.84. The van der Waals surface area contributed by atoms with Crippen LogP contribution >= 0.6 is 0 Å². The summed E-state index contributed by atoms with van der Waals surface area (Å²) in [6.45, 7) is 1.30. The van der Waals surface area contributed by atoms with E-state index < -0.39 is 5.97 Å². The van der Waals surface area contributed by atoms with Gasteiger partial charge in [0.25, 0.3) is 0 Å². The van der Waals surface area contributed by atoms with Crippen molar-refractivity contribution in [3.05, 3.63) is 24.3 Å². The number of rotatable bonds is 7. The molecule has 1 aliphatic heterocycles. The van der Waals surface area contributed by atoms with E-state index in [1.807, 2.05) is 24.3 Å². The van der Waals surface area contributed by atoms with Crippen LogP contribution in [0.25, 0.3) is 0 Å². The Labute approximate surface area is 118 Å². The average molecular weight is 277 g/mol. The van der Waals surface area contributed by atoms with E-state index in [-0.39, 0.29) is 12.3 Å². The highest BCUT2D eigenvalue weighted by Crippen LogP contribution is 2.23. The quantitative estimate of drug-likeness (QED) is 0.777. The van der Waals surface area contributed by atoms with Gasteiger partial charge in [-0.1, -0.05) is 0 Å². The van der Waals surface area contributed by atoms with Crippen molar-refractivity contribution in [1.82, 2.24) is 0 Å². The average Bonchev–Trinajstić information content (AvgIpc) is 2.85. The summed E-state index contributed by atoms with van der Waals surface area (Å²) in [5.41, 5.74) is 0.908. The van der Waals surface area contributed by atoms with Crippen LogP contribution < -0.4 is 9.64 Å². The molecule has 5 heteroatoms. The van der Waals surface area contributed by atoms with Crippen molar-refractivity contribution < 1.29 is 19.4 Å². The van der Waals surface area contributed by atoms with E-state index in [2.05, 4.69) is 0 Å². The molecule has 1 heterocycles. The molecule has 1 amide bonds. The number of carbonyl (C=O) groups is 2. The van der Waals surface area contributed by atoms with Crippen molar-refractivity contribution in [2.75, 3.05) is 18.1 Å². The lowest BCUT2D eigenvalue weighted by Gasteiger charge is -2.16. The van der Waals surface area contributed by atoms with Crippen molar-refractivity contribution in [2.24, 2.45) is 0 Å². The second kappa shape index (κ2) is 6.93. The fourth-order valence-electron chi connectivity index (χ4n) is 2.21. The van der Waals surface area contributed by atoms with Gasteiger partial charge in [0.1, 0.15) is 5.75 Å². The van der Waals surface area contributed by atoms with E-state index in [4.69, 9.17) is 9.84 Å². The first-order chi connectivity index (χ1) is 9.66. The largest absolute Gasteiger partial charge is 0.494 e. The molecule has 0 aromatic heterocycles. The standard InChI is InChI=1S/C15H19NO4/c17-14-4-3-10-16(14)12-6-8-13(9-7-12)20-11-2-1-5-15(18)19/h6-9H,1-5,10-11H2,(H,18,19). The molecule has 1 N–H and O–H groups in total. The van der Waals surface area contributed by atoms with E-state index in [1.165, 1.54) is 0 Å². The molecule has 1 saturated heterocycles. The van der Waals surface area contributed by atoms with Gasteiger partial charge in [-0.2, -0.15) is 0 Å². The van der Waals surface area contributed by atoms with Crippen LogP contribution in [0.2, 0.25) is 0 Å². The van der Waals surface area contributed by atoms with Gasteiger partial charge in [0, 0.05) is 25.1 Å². The fourth-order valence-corrected chi connectivity index (χ4v) is 2.21. The van der Waals surface area contributed by atoms with Gasteiger partial charge in [0.15, 0.2) is 0 Å². The number of anilines is 1. The summed E-state index contributed by atoms with van der Waals surface area (Å²) < 4.78 is 5.54. The Morgan fingerprint density at radius 3 is 2.60 bits per heavy atom. The second-order valence-electron chi connectivity index (χ2n) is 4.84. The molecular formula is C15H19NO4. The van der Waals surface area contributed by atoms with Gasteiger partial charge in [-0.05, 0) is 43.5 Å². The van der Waals surface area contributed by atoms with E-state index in [0.717, 1.165) is 30.8 Å². The van der Waals surface area contributed by atoms with Gasteiger partial charge in [-0.3, -0.25) is 9.59 Å². The topological polar surface area (TPSA) is 66.8 Å². The number of amides is 1. The molecule has 5 nitrogen and oxygen atoms in total. The number of aliphatic carboxylic acids is 1. The minimum Gasteiger partial charge on any atom is -0.494 e. The maximum absolute atomic E-state index is 11.6. The van der Waals surface area contributed by atoms with Gasteiger partial charge < -0.3 is 14.7 Å². The van der Waals surface area contributed by atoms with E-state index in [1.54, 1.807) is 4.90 Å². The number of ether oxygens (including phenoxy) is 1. The maximum Gasteiger partial charge on any atom is 0.303 e. The van der Waals surface area contributed by atoms with Crippen LogP contribution in [0.4, 0.5) is 5.69 Å². The van der Waals surface area contributed by atoms with Gasteiger partial charge in [-0.15, -0.1) is 0 Å². The van der Waals surface area contributed by atoms with Gasteiger partial charge in [0.2, 0.25) is 5.91 Å². The number of nitrogens with zero attached hydrogens (tertiary/aromatic N) is 1. The first kappa shape index (κ1) is 14.4. The number of carbonyl (C=O) groups excluding carboxylic acids is 1. The van der Waals surface area contributed by atoms with Crippen molar-refractivity contribution in [1.29, 1.82) is 0 Å². The third kappa shape index (κ3) is 3.98. The summed E-state index contributed by atoms with van der Waals surface area (Å²) in [6.07, 6.45) is 3.07. The van der Waals surface area contributed by atoms with E-state index in [0.29, 0.717) is 19.4 Å². The summed E-state index contributed by atoms with van der Waals surface area (Å²) in [7, 11) is 0. The van der Waals surface area contributed by atoms with Gasteiger partial charge in [-0.25, -0.2) is 0 Å². The van der Waals surface area contributed by atoms with E-state index in [9.17, 15) is 9.59 Å². The van der Waals surface area contributed by atoms with Crippen LogP contribution in [0.5, 0.6) is 5.75 Å². The molecule has 0 saturated carbocycles. The first-order valence-electron chi connectivity index (χ1n) is 6.92. The lowest BCUT2D eigenvalue weighted by atomic mass is 10.2. The molecule has 0 atom stereocenters. The van der Waals surface area contributed by atoms with Gasteiger partial charge >= 0.3 is 5.97 Å². The molecule has 108 valence electrons. The summed E-state index contributed by atoms with van der Waals surface area (Å²) >= 11 is 0. The monoisotopic (exact) mass is 277 g/mol. The van der Waals surface area contributed by atoms with E-state index >= 15 is 0 Å². The number of unbranched alkanes of at least 4 members (excludes halogenated alkanes) is 1. The summed E-state index contributed by atoms with van der Waals surface area (Å²) in [5.74, 6) is 0.146. The Balaban J connectivity index is 1.77. The number of carboxylic acids is 1. The Morgan fingerprint density at radius 2 is 2.00 bits per heavy atom. The Hall–Kier alpha value is -2.04. The molecule has 1 aromatic rings. The maximum atomic E-state index is 11.6. The zero-order chi connectivity index (χ0) is 14.4. The number of benzene rings is 1. The highest BCUT2D eigenvalue weighted by Gasteiger charge is 2.21. The third-order valence-electron chi connectivity index (χ3n) is 3.28. The zero-order valence-corrected chi connectivity index (χ0v) is 11.4. The van der Waals surface area contributed by atoms with Crippen LogP contribution in [-0.4, -0.2) is 30.1 Å². The molecule has 0 unspecified atom stereocenters.